The van der Waals surface area contributed by atoms with Crippen molar-refractivity contribution >= 4 is 11.6 Å². The van der Waals surface area contributed by atoms with Gasteiger partial charge in [0, 0.05) is 39.0 Å². The molecule has 0 unspecified atom stereocenters. The van der Waals surface area contributed by atoms with Crippen LogP contribution in [0.2, 0.25) is 0 Å². The van der Waals surface area contributed by atoms with Gasteiger partial charge in [0.1, 0.15) is 23.8 Å². The van der Waals surface area contributed by atoms with Crippen molar-refractivity contribution < 1.29 is 23.0 Å². The molecule has 1 saturated heterocycles. The predicted octanol–water partition coefficient (Wildman–Crippen LogP) is 3.79. The molecule has 1 aromatic heterocycles. The molecule has 6 nitrogen and oxygen atoms in total. The summed E-state index contributed by atoms with van der Waals surface area (Å²) in [4.78, 5) is 16.2. The van der Waals surface area contributed by atoms with Crippen LogP contribution in [0.1, 0.15) is 25.0 Å². The van der Waals surface area contributed by atoms with Crippen molar-refractivity contribution in [1.82, 2.24) is 10.3 Å². The molecule has 0 aliphatic carbocycles. The van der Waals surface area contributed by atoms with Gasteiger partial charge in [-0.25, -0.2) is 8.78 Å². The number of aromatic nitrogens is 1. The zero-order valence-electron chi connectivity index (χ0n) is 16.0. The van der Waals surface area contributed by atoms with Gasteiger partial charge in [-0.1, -0.05) is 6.07 Å². The van der Waals surface area contributed by atoms with Crippen LogP contribution in [-0.2, 0) is 9.53 Å². The standard InChI is InChI=1S/C16H16F2N2O.C4H9NO2/c17-16(18)15-7-6-14(11-19-15)21-13-5-3-4-12(10-13)20-8-1-2-9-20;1-5-4(6)3-7-2/h3-7,10-11,16H,1-2,8-9H2;3H2,1-2H3,(H,5,6). The summed E-state index contributed by atoms with van der Waals surface area (Å²) in [7, 11) is 3.05. The molecular formula is C20H25F2N3O3. The summed E-state index contributed by atoms with van der Waals surface area (Å²) in [5.41, 5.74) is 0.885. The summed E-state index contributed by atoms with van der Waals surface area (Å²) in [5.74, 6) is 1.05. The predicted molar refractivity (Wildman–Crippen MR) is 103 cm³/mol. The highest BCUT2D eigenvalue weighted by atomic mass is 19.3. The van der Waals surface area contributed by atoms with Gasteiger partial charge in [-0.3, -0.25) is 9.78 Å². The van der Waals surface area contributed by atoms with Gasteiger partial charge < -0.3 is 19.7 Å². The SMILES string of the molecule is CNC(=O)COC.FC(F)c1ccc(Oc2cccc(N3CCCC3)c2)cn1. The number of anilines is 1. The Kier molecular flexibility index (Phi) is 8.61. The van der Waals surface area contributed by atoms with Crippen LogP contribution >= 0.6 is 0 Å². The van der Waals surface area contributed by atoms with E-state index < -0.39 is 6.43 Å². The fraction of sp³-hybridized carbons (Fsp3) is 0.400. The molecule has 1 aliphatic rings. The van der Waals surface area contributed by atoms with E-state index in [4.69, 9.17) is 4.74 Å². The minimum absolute atomic E-state index is 0.0949. The minimum Gasteiger partial charge on any atom is -0.456 e. The quantitative estimate of drug-likeness (QED) is 0.809. The van der Waals surface area contributed by atoms with E-state index in [1.807, 2.05) is 18.2 Å². The third kappa shape index (κ3) is 6.77. The highest BCUT2D eigenvalue weighted by Gasteiger charge is 2.13. The number of amides is 1. The van der Waals surface area contributed by atoms with Crippen molar-refractivity contribution in [3.63, 3.8) is 0 Å². The number of likely N-dealkylation sites (N-methyl/N-ethyl adjacent to an activating group) is 1. The third-order valence-electron chi connectivity index (χ3n) is 4.06. The first kappa shape index (κ1) is 21.6. The van der Waals surface area contributed by atoms with Gasteiger partial charge in [0.2, 0.25) is 5.91 Å². The third-order valence-corrected chi connectivity index (χ3v) is 4.06. The Morgan fingerprint density at radius 2 is 1.96 bits per heavy atom. The van der Waals surface area contributed by atoms with Crippen LogP contribution in [0.15, 0.2) is 42.6 Å². The molecule has 0 bridgehead atoms. The van der Waals surface area contributed by atoms with Crippen LogP contribution in [0, 0.1) is 0 Å². The van der Waals surface area contributed by atoms with Gasteiger partial charge in [-0.05, 0) is 37.1 Å². The summed E-state index contributed by atoms with van der Waals surface area (Å²) >= 11 is 0. The molecule has 0 radical (unpaired) electrons. The Balaban J connectivity index is 0.000000345. The number of alkyl halides is 2. The van der Waals surface area contributed by atoms with Crippen LogP contribution in [0.5, 0.6) is 11.5 Å². The monoisotopic (exact) mass is 393 g/mol. The van der Waals surface area contributed by atoms with Crippen molar-refractivity contribution in [2.45, 2.75) is 19.3 Å². The molecule has 1 N–H and O–H groups in total. The summed E-state index contributed by atoms with van der Waals surface area (Å²) in [5, 5.41) is 2.40. The van der Waals surface area contributed by atoms with Crippen molar-refractivity contribution in [1.29, 1.82) is 0 Å². The van der Waals surface area contributed by atoms with E-state index >= 15 is 0 Å². The smallest absolute Gasteiger partial charge is 0.280 e. The minimum atomic E-state index is -2.56. The lowest BCUT2D eigenvalue weighted by atomic mass is 10.2. The number of hydrogen-bond donors (Lipinski definition) is 1. The number of ether oxygens (including phenoxy) is 2. The van der Waals surface area contributed by atoms with Crippen LogP contribution in [0.4, 0.5) is 14.5 Å². The molecule has 3 rings (SSSR count). The number of benzene rings is 1. The molecule has 8 heteroatoms. The molecule has 152 valence electrons. The molecule has 0 spiro atoms. The van der Waals surface area contributed by atoms with E-state index in [-0.39, 0.29) is 18.2 Å². The van der Waals surface area contributed by atoms with Crippen LogP contribution in [0.25, 0.3) is 0 Å². The van der Waals surface area contributed by atoms with E-state index in [9.17, 15) is 13.6 Å². The van der Waals surface area contributed by atoms with E-state index in [1.165, 1.54) is 38.3 Å². The second kappa shape index (κ2) is 11.2. The molecule has 1 aliphatic heterocycles. The lowest BCUT2D eigenvalue weighted by molar-refractivity contribution is -0.124. The second-order valence-electron chi connectivity index (χ2n) is 6.12. The normalized spacial score (nSPS) is 13.1. The van der Waals surface area contributed by atoms with Crippen molar-refractivity contribution in [2.75, 3.05) is 38.8 Å². The number of carbonyl (C=O) groups is 1. The van der Waals surface area contributed by atoms with E-state index in [0.29, 0.717) is 11.5 Å². The summed E-state index contributed by atoms with van der Waals surface area (Å²) < 4.78 is 35.0. The van der Waals surface area contributed by atoms with Crippen molar-refractivity contribution in [3.8, 4) is 11.5 Å². The van der Waals surface area contributed by atoms with Gasteiger partial charge in [0.15, 0.2) is 0 Å². The highest BCUT2D eigenvalue weighted by molar-refractivity contribution is 5.76. The zero-order valence-corrected chi connectivity index (χ0v) is 16.0. The molecule has 1 amide bonds. The zero-order chi connectivity index (χ0) is 20.4. The average Bonchev–Trinajstić information content (AvgIpc) is 3.24. The average molecular weight is 393 g/mol. The van der Waals surface area contributed by atoms with Crippen molar-refractivity contribution in [2.24, 2.45) is 0 Å². The molecule has 2 heterocycles. The number of carbonyl (C=O) groups excluding carboxylic acids is 1. The highest BCUT2D eigenvalue weighted by Crippen LogP contribution is 2.28. The Hall–Kier alpha value is -2.74. The maximum Gasteiger partial charge on any atom is 0.280 e. The lowest BCUT2D eigenvalue weighted by Crippen LogP contribution is -2.22. The van der Waals surface area contributed by atoms with E-state index in [0.717, 1.165) is 18.8 Å². The van der Waals surface area contributed by atoms with Crippen molar-refractivity contribution in [3.05, 3.63) is 48.3 Å². The molecule has 28 heavy (non-hydrogen) atoms. The van der Waals surface area contributed by atoms with E-state index in [2.05, 4.69) is 26.0 Å². The van der Waals surface area contributed by atoms with Crippen LogP contribution < -0.4 is 15.0 Å². The maximum absolute atomic E-state index is 12.4. The van der Waals surface area contributed by atoms with Gasteiger partial charge in [0.25, 0.3) is 6.43 Å². The van der Waals surface area contributed by atoms with Crippen LogP contribution in [-0.4, -0.2) is 44.7 Å². The second-order valence-corrected chi connectivity index (χ2v) is 6.12. The first-order valence-electron chi connectivity index (χ1n) is 9.00. The number of halogens is 2. The molecular weight excluding hydrogens is 368 g/mol. The summed E-state index contributed by atoms with van der Waals surface area (Å²) in [6.07, 6.45) is 1.19. The first-order valence-corrected chi connectivity index (χ1v) is 9.00. The molecule has 2 aromatic rings. The number of pyridine rings is 1. The molecule has 0 atom stereocenters. The number of hydrogen-bond acceptors (Lipinski definition) is 5. The number of rotatable bonds is 6. The number of nitrogens with one attached hydrogen (secondary N) is 1. The summed E-state index contributed by atoms with van der Waals surface area (Å²) in [6, 6.07) is 10.6. The fourth-order valence-electron chi connectivity index (χ4n) is 2.64. The Labute approximate surface area is 163 Å². The Bertz CT molecular complexity index is 736. The Morgan fingerprint density at radius 3 is 2.50 bits per heavy atom. The van der Waals surface area contributed by atoms with E-state index in [1.54, 1.807) is 7.05 Å². The van der Waals surface area contributed by atoms with Gasteiger partial charge in [-0.2, -0.15) is 0 Å². The van der Waals surface area contributed by atoms with Gasteiger partial charge in [0.05, 0.1) is 6.20 Å². The largest absolute Gasteiger partial charge is 0.456 e. The number of nitrogens with zero attached hydrogens (tertiary/aromatic N) is 2. The molecule has 0 saturated carbocycles. The number of methoxy groups -OCH3 is 1. The molecule has 1 aromatic carbocycles. The maximum atomic E-state index is 12.4. The first-order chi connectivity index (χ1) is 13.5. The van der Waals surface area contributed by atoms with Gasteiger partial charge in [-0.15, -0.1) is 0 Å². The summed E-state index contributed by atoms with van der Waals surface area (Å²) in [6.45, 7) is 2.28. The van der Waals surface area contributed by atoms with Gasteiger partial charge >= 0.3 is 0 Å². The Morgan fingerprint density at radius 1 is 1.21 bits per heavy atom. The fourth-order valence-corrected chi connectivity index (χ4v) is 2.64. The van der Waals surface area contributed by atoms with Crippen LogP contribution in [0.3, 0.4) is 0 Å². The topological polar surface area (TPSA) is 63.7 Å². The molecule has 1 fully saturated rings. The lowest BCUT2D eigenvalue weighted by Gasteiger charge is -2.18.